The maximum atomic E-state index is 13.4. The van der Waals surface area contributed by atoms with Crippen LogP contribution in [0.3, 0.4) is 0 Å². The first-order chi connectivity index (χ1) is 12.8. The van der Waals surface area contributed by atoms with Crippen LogP contribution >= 0.6 is 0 Å². The van der Waals surface area contributed by atoms with Gasteiger partial charge < -0.3 is 10.2 Å². The van der Waals surface area contributed by atoms with Crippen molar-refractivity contribution in [2.24, 2.45) is 9.98 Å². The lowest BCUT2D eigenvalue weighted by Crippen LogP contribution is -2.53. The number of alkyl halides is 3. The predicted octanol–water partition coefficient (Wildman–Crippen LogP) is 3.47. The zero-order valence-electron chi connectivity index (χ0n) is 15.6. The molecule has 0 aromatic heterocycles. The molecule has 8 heteroatoms. The van der Waals surface area contributed by atoms with E-state index in [0.717, 1.165) is 37.6 Å². The number of anilines is 1. The molecule has 1 fully saturated rings. The summed E-state index contributed by atoms with van der Waals surface area (Å²) < 4.78 is 40.1. The lowest BCUT2D eigenvalue weighted by molar-refractivity contribution is -0.137. The molecule has 27 heavy (non-hydrogen) atoms. The molecule has 5 nitrogen and oxygen atoms in total. The van der Waals surface area contributed by atoms with Crippen LogP contribution in [0, 0.1) is 6.92 Å². The molecular weight excluding hydrogens is 355 g/mol. The van der Waals surface area contributed by atoms with Gasteiger partial charge in [-0.2, -0.15) is 13.2 Å². The van der Waals surface area contributed by atoms with E-state index in [1.807, 2.05) is 20.0 Å². The van der Waals surface area contributed by atoms with Crippen LogP contribution in [0.1, 0.15) is 25.0 Å². The van der Waals surface area contributed by atoms with Crippen LogP contribution in [0.25, 0.3) is 0 Å². The van der Waals surface area contributed by atoms with Crippen molar-refractivity contribution in [3.63, 3.8) is 0 Å². The van der Waals surface area contributed by atoms with Gasteiger partial charge in [-0.15, -0.1) is 0 Å². The highest BCUT2D eigenvalue weighted by Gasteiger charge is 2.37. The number of rotatable bonds is 0. The van der Waals surface area contributed by atoms with Gasteiger partial charge in [-0.25, -0.2) is 4.99 Å². The third kappa shape index (κ3) is 3.12. The monoisotopic (exact) mass is 377 g/mol. The molecule has 1 unspecified atom stereocenters. The van der Waals surface area contributed by atoms with E-state index >= 15 is 0 Å². The van der Waals surface area contributed by atoms with Crippen LogP contribution in [0.15, 0.2) is 33.9 Å². The van der Waals surface area contributed by atoms with Crippen molar-refractivity contribution in [3.05, 3.63) is 35.0 Å². The molecule has 144 valence electrons. The van der Waals surface area contributed by atoms with Crippen LogP contribution in [-0.2, 0) is 6.18 Å². The number of nitrogens with one attached hydrogen (secondary N) is 1. The molecule has 1 aromatic rings. The van der Waals surface area contributed by atoms with Gasteiger partial charge in [0, 0.05) is 32.4 Å². The quantitative estimate of drug-likeness (QED) is 0.753. The Morgan fingerprint density at radius 3 is 2.48 bits per heavy atom. The second-order valence-electron chi connectivity index (χ2n) is 7.20. The molecule has 0 spiro atoms. The van der Waals surface area contributed by atoms with Gasteiger partial charge >= 0.3 is 6.18 Å². The summed E-state index contributed by atoms with van der Waals surface area (Å²) in [4.78, 5) is 13.5. The summed E-state index contributed by atoms with van der Waals surface area (Å²) in [7, 11) is 0. The molecule has 0 saturated carbocycles. The maximum Gasteiger partial charge on any atom is 0.416 e. The minimum absolute atomic E-state index is 0.0298. The fourth-order valence-electron chi connectivity index (χ4n) is 3.57. The van der Waals surface area contributed by atoms with Crippen LogP contribution < -0.4 is 10.2 Å². The Morgan fingerprint density at radius 1 is 1.11 bits per heavy atom. The number of piperazine rings is 1. The van der Waals surface area contributed by atoms with Crippen molar-refractivity contribution < 1.29 is 13.2 Å². The minimum atomic E-state index is -4.40. The molecule has 1 aromatic carbocycles. The molecule has 1 saturated heterocycles. The van der Waals surface area contributed by atoms with E-state index in [9.17, 15) is 13.2 Å². The molecule has 0 amide bonds. The summed E-state index contributed by atoms with van der Waals surface area (Å²) in [6, 6.07) is 2.32. The van der Waals surface area contributed by atoms with Crippen LogP contribution in [0.5, 0.6) is 0 Å². The van der Waals surface area contributed by atoms with E-state index in [1.165, 1.54) is 12.1 Å². The fraction of sp³-hybridized carbons (Fsp3) is 0.474. The molecule has 3 aliphatic rings. The normalized spacial score (nSPS) is 22.6. The topological polar surface area (TPSA) is 43.2 Å². The molecule has 3 heterocycles. The maximum absolute atomic E-state index is 13.4. The third-order valence-electron chi connectivity index (χ3n) is 5.24. The molecular formula is C19H22F3N5. The Hall–Kier alpha value is -2.35. The number of hydrogen-bond acceptors (Lipinski definition) is 5. The van der Waals surface area contributed by atoms with Gasteiger partial charge in [0.05, 0.1) is 23.0 Å². The molecule has 3 aliphatic heterocycles. The SMILES string of the molecule is CC1=CN2C(=NC1C)C(N1CCNCC1)=Nc1c(C)cc(C(F)(F)F)cc12. The Labute approximate surface area is 156 Å². The van der Waals surface area contributed by atoms with Gasteiger partial charge in [-0.1, -0.05) is 0 Å². The number of hydrogen-bond donors (Lipinski definition) is 1. The highest BCUT2D eigenvalue weighted by molar-refractivity contribution is 6.48. The van der Waals surface area contributed by atoms with Gasteiger partial charge in [0.1, 0.15) is 0 Å². The van der Waals surface area contributed by atoms with Crippen molar-refractivity contribution in [1.29, 1.82) is 0 Å². The average Bonchev–Trinajstić information content (AvgIpc) is 2.62. The number of aryl methyl sites for hydroxylation is 1. The summed E-state index contributed by atoms with van der Waals surface area (Å²) in [5.41, 5.74) is 1.86. The number of amidine groups is 2. The van der Waals surface area contributed by atoms with Crippen molar-refractivity contribution in [3.8, 4) is 0 Å². The summed E-state index contributed by atoms with van der Waals surface area (Å²) >= 11 is 0. The summed E-state index contributed by atoms with van der Waals surface area (Å²) in [5, 5.41) is 3.31. The van der Waals surface area contributed by atoms with Gasteiger partial charge in [-0.05, 0) is 44.0 Å². The number of halogens is 3. The molecule has 4 rings (SSSR count). The van der Waals surface area contributed by atoms with E-state index in [4.69, 9.17) is 9.98 Å². The van der Waals surface area contributed by atoms with Crippen LogP contribution in [-0.4, -0.2) is 48.8 Å². The number of aliphatic imine (C=N–C) groups is 2. The first-order valence-electron chi connectivity index (χ1n) is 9.07. The third-order valence-corrected chi connectivity index (χ3v) is 5.24. The van der Waals surface area contributed by atoms with Crippen LogP contribution in [0.2, 0.25) is 0 Å². The van der Waals surface area contributed by atoms with Gasteiger partial charge in [0.2, 0.25) is 0 Å². The minimum Gasteiger partial charge on any atom is -0.351 e. The van der Waals surface area contributed by atoms with E-state index < -0.39 is 11.7 Å². The lowest BCUT2D eigenvalue weighted by atomic mass is 10.0. The Balaban J connectivity index is 1.90. The standard InChI is InChI=1S/C19H22F3N5/c1-11-8-14(19(20,21)22)9-15-16(11)25-17(26-6-4-23-5-7-26)18-24-13(3)12(2)10-27(15)18/h8-10,13,23H,4-7H2,1-3H3. The zero-order chi connectivity index (χ0) is 19.3. The Morgan fingerprint density at radius 2 is 1.81 bits per heavy atom. The van der Waals surface area contributed by atoms with Crippen molar-refractivity contribution in [2.75, 3.05) is 31.1 Å². The predicted molar refractivity (Wildman–Crippen MR) is 101 cm³/mol. The van der Waals surface area contributed by atoms with Crippen molar-refractivity contribution in [2.45, 2.75) is 33.0 Å². The first-order valence-corrected chi connectivity index (χ1v) is 9.07. The lowest BCUT2D eigenvalue weighted by Gasteiger charge is -2.39. The molecule has 0 radical (unpaired) electrons. The smallest absolute Gasteiger partial charge is 0.351 e. The number of benzene rings is 1. The first kappa shape index (κ1) is 18.0. The van der Waals surface area contributed by atoms with E-state index in [1.54, 1.807) is 11.8 Å². The average molecular weight is 377 g/mol. The molecule has 0 aliphatic carbocycles. The van der Waals surface area contributed by atoms with Gasteiger partial charge in [0.25, 0.3) is 0 Å². The molecule has 1 atom stereocenters. The van der Waals surface area contributed by atoms with Crippen molar-refractivity contribution >= 4 is 23.0 Å². The summed E-state index contributed by atoms with van der Waals surface area (Å²) in [6.07, 6.45) is -2.51. The van der Waals surface area contributed by atoms with E-state index in [2.05, 4.69) is 10.2 Å². The second kappa shape index (κ2) is 6.37. The largest absolute Gasteiger partial charge is 0.416 e. The summed E-state index contributed by atoms with van der Waals surface area (Å²) in [5.74, 6) is 1.36. The fourth-order valence-corrected chi connectivity index (χ4v) is 3.57. The van der Waals surface area contributed by atoms with Gasteiger partial charge in [0.15, 0.2) is 11.7 Å². The number of nitrogens with zero attached hydrogens (tertiary/aromatic N) is 4. The van der Waals surface area contributed by atoms with E-state index in [-0.39, 0.29) is 6.04 Å². The van der Waals surface area contributed by atoms with Crippen molar-refractivity contribution in [1.82, 2.24) is 10.2 Å². The molecule has 1 N–H and O–H groups in total. The van der Waals surface area contributed by atoms with E-state index in [0.29, 0.717) is 22.8 Å². The van der Waals surface area contributed by atoms with Crippen LogP contribution in [0.4, 0.5) is 24.5 Å². The second-order valence-corrected chi connectivity index (χ2v) is 7.20. The zero-order valence-corrected chi connectivity index (χ0v) is 15.6. The Bertz CT molecular complexity index is 863. The highest BCUT2D eigenvalue weighted by Crippen LogP contribution is 2.43. The van der Waals surface area contributed by atoms with Gasteiger partial charge in [-0.3, -0.25) is 9.89 Å². The summed E-state index contributed by atoms with van der Waals surface area (Å²) in [6.45, 7) is 8.87. The molecule has 0 bridgehead atoms. The number of fused-ring (bicyclic) bond motifs is 3. The highest BCUT2D eigenvalue weighted by atomic mass is 19.4. The Kier molecular flexibility index (Phi) is 4.25.